The van der Waals surface area contributed by atoms with Crippen LogP contribution in [0.25, 0.3) is 0 Å². The average molecular weight is 749 g/mol. The molecule has 0 aromatic carbocycles. The standard InChI is InChI=1S/C44H76O9/c1-3-5-7-9-11-13-15-16-17-18-19-20-21-22-23-24-26-28-30-32-34-50-36-38(37-51-44-43(49)42(48)41(47)39(35-45)53-44)52-40(46)33-31-29-27-25-14-12-10-8-6-4-2/h5,7-8,10-11,13,16-17,19-20,38-39,41-45,47-49H,3-4,6,9,12,14-15,18,21-37H2,1-2H3/b7-5-,10-8-,13-11-,17-16-,20-19-. The fraction of sp³-hybridized carbons (Fsp3) is 0.750. The Morgan fingerprint density at radius 1 is 0.623 bits per heavy atom. The summed E-state index contributed by atoms with van der Waals surface area (Å²) in [6, 6.07) is 0. The number of rotatable bonds is 34. The lowest BCUT2D eigenvalue weighted by molar-refractivity contribution is -0.305. The van der Waals surface area contributed by atoms with Gasteiger partial charge >= 0.3 is 5.97 Å². The molecule has 0 aromatic rings. The highest BCUT2D eigenvalue weighted by Crippen LogP contribution is 2.22. The molecule has 1 fully saturated rings. The second kappa shape index (κ2) is 35.6. The normalized spacial score (nSPS) is 21.7. The number of allylic oxidation sites excluding steroid dienone is 10. The van der Waals surface area contributed by atoms with Crippen LogP contribution < -0.4 is 0 Å². The van der Waals surface area contributed by atoms with Gasteiger partial charge < -0.3 is 39.4 Å². The van der Waals surface area contributed by atoms with Crippen LogP contribution in [0.5, 0.6) is 0 Å². The van der Waals surface area contributed by atoms with Crippen molar-refractivity contribution in [1.82, 2.24) is 0 Å². The first-order valence-electron chi connectivity index (χ1n) is 20.9. The quantitative estimate of drug-likeness (QED) is 0.0290. The Balaban J connectivity index is 2.27. The fourth-order valence-corrected chi connectivity index (χ4v) is 5.90. The summed E-state index contributed by atoms with van der Waals surface area (Å²) < 4.78 is 22.7. The summed E-state index contributed by atoms with van der Waals surface area (Å²) >= 11 is 0. The van der Waals surface area contributed by atoms with E-state index in [0.717, 1.165) is 96.3 Å². The lowest BCUT2D eigenvalue weighted by Crippen LogP contribution is -2.59. The SMILES string of the molecule is CC/C=C\C/C=C\C/C=C\C/C=C\CCCCCCCCCOCC(COC1OC(CO)C(O)C(O)C1O)OC(=O)CCCCCCC/C=C\CCC. The first kappa shape index (κ1) is 48.9. The molecular formula is C44H76O9. The zero-order valence-corrected chi connectivity index (χ0v) is 33.2. The van der Waals surface area contributed by atoms with Crippen molar-refractivity contribution in [3.05, 3.63) is 60.8 Å². The van der Waals surface area contributed by atoms with Crippen LogP contribution in [0, 0.1) is 0 Å². The largest absolute Gasteiger partial charge is 0.457 e. The van der Waals surface area contributed by atoms with Gasteiger partial charge in [-0.1, -0.05) is 132 Å². The monoisotopic (exact) mass is 749 g/mol. The van der Waals surface area contributed by atoms with E-state index in [1.165, 1.54) is 32.1 Å². The van der Waals surface area contributed by atoms with Gasteiger partial charge in [-0.3, -0.25) is 4.79 Å². The molecule has 1 aliphatic rings. The second-order valence-electron chi connectivity index (χ2n) is 14.0. The van der Waals surface area contributed by atoms with Gasteiger partial charge in [-0.2, -0.15) is 0 Å². The number of aliphatic hydroxyl groups excluding tert-OH is 4. The van der Waals surface area contributed by atoms with Crippen LogP contribution in [0.2, 0.25) is 0 Å². The Morgan fingerprint density at radius 2 is 1.15 bits per heavy atom. The number of aliphatic hydroxyl groups is 4. The van der Waals surface area contributed by atoms with E-state index in [1.54, 1.807) is 0 Å². The summed E-state index contributed by atoms with van der Waals surface area (Å²) in [4.78, 5) is 12.7. The predicted molar refractivity (Wildman–Crippen MR) is 214 cm³/mol. The summed E-state index contributed by atoms with van der Waals surface area (Å²) in [5.74, 6) is -0.333. The van der Waals surface area contributed by atoms with Crippen LogP contribution in [-0.2, 0) is 23.7 Å². The van der Waals surface area contributed by atoms with Gasteiger partial charge in [0.2, 0.25) is 0 Å². The summed E-state index contributed by atoms with van der Waals surface area (Å²) in [5, 5.41) is 40.0. The van der Waals surface area contributed by atoms with Crippen molar-refractivity contribution in [3.63, 3.8) is 0 Å². The van der Waals surface area contributed by atoms with Crippen molar-refractivity contribution in [2.24, 2.45) is 0 Å². The van der Waals surface area contributed by atoms with Crippen LogP contribution in [0.3, 0.4) is 0 Å². The first-order chi connectivity index (χ1) is 25.9. The van der Waals surface area contributed by atoms with Crippen LogP contribution >= 0.6 is 0 Å². The number of esters is 1. The molecule has 1 rings (SSSR count). The molecule has 0 spiro atoms. The maximum atomic E-state index is 12.7. The van der Waals surface area contributed by atoms with Gasteiger partial charge in [0.1, 0.15) is 30.5 Å². The molecule has 0 saturated carbocycles. The Labute approximate surface area is 322 Å². The Kier molecular flexibility index (Phi) is 32.8. The van der Waals surface area contributed by atoms with Crippen molar-refractivity contribution in [3.8, 4) is 0 Å². The number of ether oxygens (including phenoxy) is 4. The maximum Gasteiger partial charge on any atom is 0.306 e. The average Bonchev–Trinajstić information content (AvgIpc) is 3.16. The van der Waals surface area contributed by atoms with Crippen molar-refractivity contribution >= 4 is 5.97 Å². The molecule has 0 amide bonds. The molecule has 9 nitrogen and oxygen atoms in total. The van der Waals surface area contributed by atoms with E-state index in [0.29, 0.717) is 13.0 Å². The molecule has 0 aliphatic carbocycles. The number of hydrogen-bond donors (Lipinski definition) is 4. The van der Waals surface area contributed by atoms with Gasteiger partial charge in [-0.05, 0) is 70.6 Å². The molecular weight excluding hydrogens is 672 g/mol. The Hall–Kier alpha value is -2.11. The van der Waals surface area contributed by atoms with E-state index in [-0.39, 0.29) is 19.2 Å². The van der Waals surface area contributed by atoms with E-state index in [2.05, 4.69) is 74.6 Å². The highest BCUT2D eigenvalue weighted by Gasteiger charge is 2.44. The number of hydrogen-bond acceptors (Lipinski definition) is 9. The highest BCUT2D eigenvalue weighted by atomic mass is 16.7. The molecule has 1 saturated heterocycles. The van der Waals surface area contributed by atoms with Crippen LogP contribution in [0.15, 0.2) is 60.8 Å². The molecule has 1 aliphatic heterocycles. The third-order valence-corrected chi connectivity index (χ3v) is 9.15. The lowest BCUT2D eigenvalue weighted by Gasteiger charge is -2.39. The van der Waals surface area contributed by atoms with Crippen molar-refractivity contribution in [2.45, 2.75) is 185 Å². The predicted octanol–water partition coefficient (Wildman–Crippen LogP) is 8.74. The van der Waals surface area contributed by atoms with E-state index in [4.69, 9.17) is 18.9 Å². The van der Waals surface area contributed by atoms with Gasteiger partial charge in [0.05, 0.1) is 19.8 Å². The molecule has 306 valence electrons. The third kappa shape index (κ3) is 27.2. The zero-order valence-electron chi connectivity index (χ0n) is 33.2. The summed E-state index contributed by atoms with van der Waals surface area (Å²) in [6.45, 7) is 4.32. The second-order valence-corrected chi connectivity index (χ2v) is 14.0. The Morgan fingerprint density at radius 3 is 1.75 bits per heavy atom. The minimum absolute atomic E-state index is 0.124. The van der Waals surface area contributed by atoms with Crippen LogP contribution in [0.1, 0.15) is 149 Å². The molecule has 6 atom stereocenters. The highest BCUT2D eigenvalue weighted by molar-refractivity contribution is 5.69. The molecule has 53 heavy (non-hydrogen) atoms. The van der Waals surface area contributed by atoms with E-state index in [9.17, 15) is 25.2 Å². The minimum atomic E-state index is -1.54. The van der Waals surface area contributed by atoms with Crippen molar-refractivity contribution in [1.29, 1.82) is 0 Å². The van der Waals surface area contributed by atoms with Crippen molar-refractivity contribution in [2.75, 3.05) is 26.4 Å². The fourth-order valence-electron chi connectivity index (χ4n) is 5.90. The lowest BCUT2D eigenvalue weighted by atomic mass is 9.99. The summed E-state index contributed by atoms with van der Waals surface area (Å²) in [7, 11) is 0. The number of carbonyl (C=O) groups excluding carboxylic acids is 1. The minimum Gasteiger partial charge on any atom is -0.457 e. The zero-order chi connectivity index (χ0) is 38.6. The summed E-state index contributed by atoms with van der Waals surface area (Å²) in [5.41, 5.74) is 0. The molecule has 0 aromatic heterocycles. The molecule has 6 unspecified atom stereocenters. The van der Waals surface area contributed by atoms with E-state index in [1.807, 2.05) is 0 Å². The maximum absolute atomic E-state index is 12.7. The smallest absolute Gasteiger partial charge is 0.306 e. The molecule has 4 N–H and O–H groups in total. The summed E-state index contributed by atoms with van der Waals surface area (Å²) in [6.07, 6.45) is 36.8. The van der Waals surface area contributed by atoms with Crippen LogP contribution in [-0.4, -0.2) is 89.6 Å². The number of carbonyl (C=O) groups is 1. The van der Waals surface area contributed by atoms with Gasteiger partial charge in [0.25, 0.3) is 0 Å². The van der Waals surface area contributed by atoms with Crippen LogP contribution in [0.4, 0.5) is 0 Å². The van der Waals surface area contributed by atoms with Crippen molar-refractivity contribution < 1.29 is 44.2 Å². The van der Waals surface area contributed by atoms with Gasteiger partial charge in [-0.25, -0.2) is 0 Å². The molecule has 0 bridgehead atoms. The molecule has 9 heteroatoms. The molecule has 1 heterocycles. The van der Waals surface area contributed by atoms with Gasteiger partial charge in [0, 0.05) is 13.0 Å². The van der Waals surface area contributed by atoms with Gasteiger partial charge in [0.15, 0.2) is 6.29 Å². The topological polar surface area (TPSA) is 135 Å². The Bertz CT molecular complexity index is 989. The first-order valence-corrected chi connectivity index (χ1v) is 20.9. The third-order valence-electron chi connectivity index (χ3n) is 9.15. The van der Waals surface area contributed by atoms with E-state index < -0.39 is 43.4 Å². The molecule has 0 radical (unpaired) electrons. The van der Waals surface area contributed by atoms with E-state index >= 15 is 0 Å². The number of unbranched alkanes of at least 4 members (excludes halogenated alkanes) is 13. The van der Waals surface area contributed by atoms with Gasteiger partial charge in [-0.15, -0.1) is 0 Å².